The SMILES string of the molecule is CC(C)C(=O)NCC1CCCN(C(=O)NC2CCc3c2ccc(Cl)c3Cl)C1. The maximum absolute atomic E-state index is 12.8. The molecular formula is C20H27Cl2N3O2. The highest BCUT2D eigenvalue weighted by Gasteiger charge is 2.30. The Hall–Kier alpha value is -1.46. The van der Waals surface area contributed by atoms with Gasteiger partial charge in [-0.05, 0) is 48.8 Å². The van der Waals surface area contributed by atoms with Gasteiger partial charge in [-0.15, -0.1) is 0 Å². The number of carbonyl (C=O) groups is 2. The summed E-state index contributed by atoms with van der Waals surface area (Å²) in [5.74, 6) is 0.349. The second kappa shape index (κ2) is 8.70. The van der Waals surface area contributed by atoms with Crippen molar-refractivity contribution in [2.24, 2.45) is 11.8 Å². The summed E-state index contributed by atoms with van der Waals surface area (Å²) in [6.45, 7) is 5.82. The molecule has 1 aliphatic carbocycles. The van der Waals surface area contributed by atoms with Crippen molar-refractivity contribution in [3.8, 4) is 0 Å². The molecule has 1 aromatic rings. The topological polar surface area (TPSA) is 61.4 Å². The molecule has 1 fully saturated rings. The van der Waals surface area contributed by atoms with Crippen molar-refractivity contribution in [2.45, 2.75) is 45.6 Å². The lowest BCUT2D eigenvalue weighted by Crippen LogP contribution is -2.48. The monoisotopic (exact) mass is 411 g/mol. The maximum atomic E-state index is 12.8. The van der Waals surface area contributed by atoms with Gasteiger partial charge in [-0.3, -0.25) is 4.79 Å². The minimum absolute atomic E-state index is 0.0178. The van der Waals surface area contributed by atoms with E-state index in [4.69, 9.17) is 23.2 Å². The van der Waals surface area contributed by atoms with Crippen molar-refractivity contribution in [3.63, 3.8) is 0 Å². The van der Waals surface area contributed by atoms with Crippen molar-refractivity contribution in [2.75, 3.05) is 19.6 Å². The third-order valence-electron chi connectivity index (χ3n) is 5.48. The van der Waals surface area contributed by atoms with E-state index >= 15 is 0 Å². The first-order valence-electron chi connectivity index (χ1n) is 9.66. The van der Waals surface area contributed by atoms with Gasteiger partial charge in [-0.2, -0.15) is 0 Å². The lowest BCUT2D eigenvalue weighted by molar-refractivity contribution is -0.124. The fourth-order valence-corrected chi connectivity index (χ4v) is 4.33. The molecule has 2 unspecified atom stereocenters. The molecule has 2 atom stereocenters. The molecule has 1 aromatic carbocycles. The number of benzene rings is 1. The van der Waals surface area contributed by atoms with E-state index < -0.39 is 0 Å². The van der Waals surface area contributed by atoms with E-state index in [-0.39, 0.29) is 23.9 Å². The second-order valence-electron chi connectivity index (χ2n) is 7.82. The summed E-state index contributed by atoms with van der Waals surface area (Å²) >= 11 is 12.4. The van der Waals surface area contributed by atoms with Crippen LogP contribution < -0.4 is 10.6 Å². The molecule has 2 aliphatic rings. The van der Waals surface area contributed by atoms with Crippen LogP contribution in [0.4, 0.5) is 4.79 Å². The second-order valence-corrected chi connectivity index (χ2v) is 8.61. The van der Waals surface area contributed by atoms with Gasteiger partial charge in [0.1, 0.15) is 0 Å². The van der Waals surface area contributed by atoms with E-state index in [2.05, 4.69) is 10.6 Å². The molecule has 27 heavy (non-hydrogen) atoms. The Labute approximate surface area is 170 Å². The first-order chi connectivity index (χ1) is 12.9. The first-order valence-corrected chi connectivity index (χ1v) is 10.4. The van der Waals surface area contributed by atoms with Crippen molar-refractivity contribution < 1.29 is 9.59 Å². The number of rotatable bonds is 4. The van der Waals surface area contributed by atoms with Gasteiger partial charge in [0.2, 0.25) is 5.91 Å². The number of hydrogen-bond donors (Lipinski definition) is 2. The Morgan fingerprint density at radius 2 is 2.04 bits per heavy atom. The average Bonchev–Trinajstić information content (AvgIpc) is 3.06. The summed E-state index contributed by atoms with van der Waals surface area (Å²) in [4.78, 5) is 26.4. The molecule has 0 saturated carbocycles. The largest absolute Gasteiger partial charge is 0.356 e. The van der Waals surface area contributed by atoms with Crippen LogP contribution in [0.15, 0.2) is 12.1 Å². The number of likely N-dealkylation sites (tertiary alicyclic amines) is 1. The minimum Gasteiger partial charge on any atom is -0.356 e. The zero-order valence-electron chi connectivity index (χ0n) is 15.9. The van der Waals surface area contributed by atoms with E-state index in [1.54, 1.807) is 6.07 Å². The molecule has 3 amide bonds. The van der Waals surface area contributed by atoms with Crippen LogP contribution in [-0.2, 0) is 11.2 Å². The van der Waals surface area contributed by atoms with E-state index in [0.29, 0.717) is 29.1 Å². The molecular weight excluding hydrogens is 385 g/mol. The number of halogens is 2. The van der Waals surface area contributed by atoms with Crippen LogP contribution in [0.25, 0.3) is 0 Å². The number of hydrogen-bond acceptors (Lipinski definition) is 2. The smallest absolute Gasteiger partial charge is 0.317 e. The van der Waals surface area contributed by atoms with Gasteiger partial charge >= 0.3 is 6.03 Å². The molecule has 148 valence electrons. The molecule has 0 radical (unpaired) electrons. The third-order valence-corrected chi connectivity index (χ3v) is 6.33. The number of fused-ring (bicyclic) bond motifs is 1. The molecule has 1 heterocycles. The Balaban J connectivity index is 1.56. The summed E-state index contributed by atoms with van der Waals surface area (Å²) < 4.78 is 0. The Kier molecular flexibility index (Phi) is 6.53. The summed E-state index contributed by atoms with van der Waals surface area (Å²) in [6.07, 6.45) is 3.65. The summed E-state index contributed by atoms with van der Waals surface area (Å²) in [7, 11) is 0. The van der Waals surface area contributed by atoms with Crippen molar-refractivity contribution >= 4 is 35.1 Å². The first kappa shape index (κ1) is 20.3. The predicted octanol–water partition coefficient (Wildman–Crippen LogP) is 4.17. The Morgan fingerprint density at radius 3 is 2.78 bits per heavy atom. The fraction of sp³-hybridized carbons (Fsp3) is 0.600. The predicted molar refractivity (Wildman–Crippen MR) is 108 cm³/mol. The summed E-state index contributed by atoms with van der Waals surface area (Å²) in [5.41, 5.74) is 2.11. The minimum atomic E-state index is -0.0428. The van der Waals surface area contributed by atoms with Crippen molar-refractivity contribution in [3.05, 3.63) is 33.3 Å². The molecule has 2 N–H and O–H groups in total. The molecule has 3 rings (SSSR count). The van der Waals surface area contributed by atoms with E-state index in [1.165, 1.54) is 0 Å². The van der Waals surface area contributed by atoms with Crippen LogP contribution in [-0.4, -0.2) is 36.5 Å². The molecule has 5 nitrogen and oxygen atoms in total. The number of amides is 3. The highest BCUT2D eigenvalue weighted by molar-refractivity contribution is 6.42. The lowest BCUT2D eigenvalue weighted by Gasteiger charge is -2.34. The quantitative estimate of drug-likeness (QED) is 0.780. The summed E-state index contributed by atoms with van der Waals surface area (Å²) in [5, 5.41) is 7.30. The number of piperidine rings is 1. The molecule has 1 aliphatic heterocycles. The third kappa shape index (κ3) is 4.69. The van der Waals surface area contributed by atoms with Gasteiger partial charge in [0.15, 0.2) is 0 Å². The van der Waals surface area contributed by atoms with E-state index in [1.807, 2.05) is 24.8 Å². The molecule has 0 aromatic heterocycles. The normalized spacial score (nSPS) is 21.9. The Morgan fingerprint density at radius 1 is 1.26 bits per heavy atom. The van der Waals surface area contributed by atoms with Gasteiger partial charge in [-0.1, -0.05) is 43.1 Å². The Bertz CT molecular complexity index is 723. The van der Waals surface area contributed by atoms with Gasteiger partial charge < -0.3 is 15.5 Å². The average molecular weight is 412 g/mol. The molecule has 0 bridgehead atoms. The van der Waals surface area contributed by atoms with Gasteiger partial charge in [0.05, 0.1) is 16.1 Å². The number of urea groups is 1. The molecule has 1 saturated heterocycles. The number of nitrogens with zero attached hydrogens (tertiary/aromatic N) is 1. The number of nitrogens with one attached hydrogen (secondary N) is 2. The van der Waals surface area contributed by atoms with Crippen molar-refractivity contribution in [1.29, 1.82) is 0 Å². The van der Waals surface area contributed by atoms with Crippen LogP contribution in [0, 0.1) is 11.8 Å². The van der Waals surface area contributed by atoms with E-state index in [0.717, 1.165) is 43.4 Å². The van der Waals surface area contributed by atoms with Gasteiger partial charge in [0.25, 0.3) is 0 Å². The highest BCUT2D eigenvalue weighted by atomic mass is 35.5. The van der Waals surface area contributed by atoms with Crippen LogP contribution in [0.5, 0.6) is 0 Å². The fourth-order valence-electron chi connectivity index (χ4n) is 3.89. The summed E-state index contributed by atoms with van der Waals surface area (Å²) in [6, 6.07) is 3.69. The van der Waals surface area contributed by atoms with Crippen LogP contribution >= 0.6 is 23.2 Å². The van der Waals surface area contributed by atoms with Crippen LogP contribution in [0.3, 0.4) is 0 Å². The maximum Gasteiger partial charge on any atom is 0.317 e. The van der Waals surface area contributed by atoms with Crippen LogP contribution in [0.2, 0.25) is 10.0 Å². The molecule has 7 heteroatoms. The van der Waals surface area contributed by atoms with Gasteiger partial charge in [0, 0.05) is 25.6 Å². The number of carbonyl (C=O) groups excluding carboxylic acids is 2. The van der Waals surface area contributed by atoms with Gasteiger partial charge in [-0.25, -0.2) is 4.79 Å². The zero-order valence-corrected chi connectivity index (χ0v) is 17.4. The van der Waals surface area contributed by atoms with Crippen molar-refractivity contribution in [1.82, 2.24) is 15.5 Å². The lowest BCUT2D eigenvalue weighted by atomic mass is 9.98. The molecule has 0 spiro atoms. The highest BCUT2D eigenvalue weighted by Crippen LogP contribution is 2.39. The standard InChI is InChI=1S/C20H27Cl2N3O2/c1-12(2)19(26)23-10-13-4-3-9-25(11-13)20(27)24-17-8-6-15-14(17)5-7-16(21)18(15)22/h5,7,12-13,17H,3-4,6,8-11H2,1-2H3,(H,23,26)(H,24,27). The van der Waals surface area contributed by atoms with Crippen LogP contribution in [0.1, 0.15) is 50.3 Å². The zero-order chi connectivity index (χ0) is 19.6. The van der Waals surface area contributed by atoms with E-state index in [9.17, 15) is 9.59 Å².